The number of hydrogen-bond acceptors (Lipinski definition) is 3. The second kappa shape index (κ2) is 9.92. The molecule has 2 amide bonds. The molecule has 1 aliphatic rings. The smallest absolute Gasteiger partial charge is 0.256 e. The molecular weight excluding hydrogens is 428 g/mol. The van der Waals surface area contributed by atoms with Crippen LogP contribution in [0, 0.1) is 0 Å². The molecule has 0 aliphatic heterocycles. The van der Waals surface area contributed by atoms with Gasteiger partial charge in [0, 0.05) is 17.0 Å². The number of amides is 2. The van der Waals surface area contributed by atoms with Gasteiger partial charge >= 0.3 is 0 Å². The van der Waals surface area contributed by atoms with Gasteiger partial charge in [0.2, 0.25) is 0 Å². The van der Waals surface area contributed by atoms with Crippen molar-refractivity contribution >= 4 is 28.2 Å². The van der Waals surface area contributed by atoms with Gasteiger partial charge in [0.25, 0.3) is 11.8 Å². The molecule has 2 aromatic carbocycles. The lowest BCUT2D eigenvalue weighted by molar-refractivity contribution is 0.0954. The number of carbonyl (C=O) groups is 2. The molecule has 5 heteroatoms. The monoisotopic (exact) mass is 460 g/mol. The Labute approximate surface area is 200 Å². The topological polar surface area (TPSA) is 58.2 Å². The van der Waals surface area contributed by atoms with Crippen molar-refractivity contribution < 1.29 is 9.59 Å². The van der Waals surface area contributed by atoms with Crippen LogP contribution in [-0.2, 0) is 24.7 Å². The van der Waals surface area contributed by atoms with E-state index >= 15 is 0 Å². The van der Waals surface area contributed by atoms with Gasteiger partial charge in [-0.3, -0.25) is 9.59 Å². The van der Waals surface area contributed by atoms with Crippen molar-refractivity contribution in [3.8, 4) is 0 Å². The van der Waals surface area contributed by atoms with E-state index in [1.165, 1.54) is 16.0 Å². The molecule has 0 unspecified atom stereocenters. The minimum absolute atomic E-state index is 0.0345. The first kappa shape index (κ1) is 23.2. The molecule has 4 nitrogen and oxygen atoms in total. The van der Waals surface area contributed by atoms with Crippen molar-refractivity contribution in [2.24, 2.45) is 0 Å². The summed E-state index contributed by atoms with van der Waals surface area (Å²) in [5, 5.41) is 6.80. The van der Waals surface area contributed by atoms with Crippen LogP contribution in [0.2, 0.25) is 0 Å². The molecule has 3 aromatic rings. The summed E-state index contributed by atoms with van der Waals surface area (Å²) in [4.78, 5) is 27.5. The largest absolute Gasteiger partial charge is 0.352 e. The van der Waals surface area contributed by atoms with Crippen molar-refractivity contribution in [3.05, 3.63) is 87.3 Å². The zero-order valence-corrected chi connectivity index (χ0v) is 20.5. The molecule has 1 heterocycles. The molecule has 172 valence electrons. The van der Waals surface area contributed by atoms with Crippen molar-refractivity contribution in [3.63, 3.8) is 0 Å². The van der Waals surface area contributed by atoms with Crippen LogP contribution >= 0.6 is 11.3 Å². The Morgan fingerprint density at radius 3 is 2.30 bits per heavy atom. The summed E-state index contributed by atoms with van der Waals surface area (Å²) in [5.74, 6) is -0.267. The summed E-state index contributed by atoms with van der Waals surface area (Å²) in [7, 11) is 0. The number of rotatable bonds is 6. The Bertz CT molecular complexity index is 1130. The Kier molecular flexibility index (Phi) is 6.99. The fraction of sp³-hybridized carbons (Fsp3) is 0.357. The second-order valence-electron chi connectivity index (χ2n) is 9.69. The number of nitrogens with one attached hydrogen (secondary N) is 2. The third kappa shape index (κ3) is 5.53. The first-order valence-electron chi connectivity index (χ1n) is 11.7. The normalized spacial score (nSPS) is 13.3. The van der Waals surface area contributed by atoms with E-state index < -0.39 is 0 Å². The van der Waals surface area contributed by atoms with Crippen molar-refractivity contribution in [2.75, 3.05) is 11.9 Å². The highest BCUT2D eigenvalue weighted by Crippen LogP contribution is 2.38. The maximum Gasteiger partial charge on any atom is 0.256 e. The lowest BCUT2D eigenvalue weighted by Crippen LogP contribution is -2.27. The van der Waals surface area contributed by atoms with E-state index in [2.05, 4.69) is 43.5 Å². The Hall–Kier alpha value is -2.92. The van der Waals surface area contributed by atoms with Crippen LogP contribution < -0.4 is 10.6 Å². The predicted molar refractivity (Wildman–Crippen MR) is 137 cm³/mol. The molecule has 0 saturated carbocycles. The molecule has 4 rings (SSSR count). The second-order valence-corrected chi connectivity index (χ2v) is 10.8. The van der Waals surface area contributed by atoms with Gasteiger partial charge in [0.05, 0.1) is 5.56 Å². The first-order valence-corrected chi connectivity index (χ1v) is 12.5. The van der Waals surface area contributed by atoms with Crippen LogP contribution in [-0.4, -0.2) is 18.4 Å². The van der Waals surface area contributed by atoms with Crippen LogP contribution in [0.25, 0.3) is 0 Å². The van der Waals surface area contributed by atoms with Gasteiger partial charge in [-0.25, -0.2) is 0 Å². The molecule has 0 radical (unpaired) electrons. The van der Waals surface area contributed by atoms with Crippen LogP contribution in [0.1, 0.15) is 75.9 Å². The summed E-state index contributed by atoms with van der Waals surface area (Å²) in [6, 6.07) is 17.9. The third-order valence-corrected chi connectivity index (χ3v) is 7.39. The summed E-state index contributed by atoms with van der Waals surface area (Å²) in [6.07, 6.45) is 4.85. The summed E-state index contributed by atoms with van der Waals surface area (Å²) < 4.78 is 0. The summed E-state index contributed by atoms with van der Waals surface area (Å²) in [6.45, 7) is 7.03. The molecule has 0 spiro atoms. The van der Waals surface area contributed by atoms with E-state index in [0.717, 1.165) is 37.7 Å². The van der Waals surface area contributed by atoms with E-state index in [1.54, 1.807) is 11.3 Å². The number of fused-ring (bicyclic) bond motifs is 1. The quantitative estimate of drug-likeness (QED) is 0.464. The standard InChI is InChI=1S/C28H32N2O2S/c1-28(2,3)21-15-13-20(14-16-21)25(31)30-27-24(22-11-7-8-12-23(22)33-27)26(32)29-18-17-19-9-5-4-6-10-19/h4-6,9-10,13-16H,7-8,11-12,17-18H2,1-3H3,(H,29,32)(H,30,31). The molecule has 2 N–H and O–H groups in total. The number of aryl methyl sites for hydroxylation is 1. The maximum atomic E-state index is 13.2. The van der Waals surface area contributed by atoms with Gasteiger partial charge in [0.1, 0.15) is 5.00 Å². The number of benzene rings is 2. The molecule has 1 aromatic heterocycles. The van der Waals surface area contributed by atoms with Gasteiger partial charge in [-0.1, -0.05) is 63.2 Å². The highest BCUT2D eigenvalue weighted by Gasteiger charge is 2.26. The molecule has 0 bridgehead atoms. The van der Waals surface area contributed by atoms with Gasteiger partial charge in [-0.2, -0.15) is 0 Å². The Morgan fingerprint density at radius 2 is 1.61 bits per heavy atom. The van der Waals surface area contributed by atoms with Gasteiger partial charge in [-0.05, 0) is 66.3 Å². The lowest BCUT2D eigenvalue weighted by atomic mass is 9.87. The number of carbonyl (C=O) groups excluding carboxylic acids is 2. The fourth-order valence-corrected chi connectivity index (χ4v) is 5.53. The molecule has 0 saturated heterocycles. The van der Waals surface area contributed by atoms with Crippen LogP contribution in [0.4, 0.5) is 5.00 Å². The van der Waals surface area contributed by atoms with E-state index in [4.69, 9.17) is 0 Å². The minimum atomic E-state index is -0.174. The number of hydrogen-bond donors (Lipinski definition) is 2. The van der Waals surface area contributed by atoms with E-state index in [9.17, 15) is 9.59 Å². The zero-order chi connectivity index (χ0) is 23.4. The predicted octanol–water partition coefficient (Wildman–Crippen LogP) is 6.15. The molecule has 33 heavy (non-hydrogen) atoms. The molecule has 0 fully saturated rings. The average molecular weight is 461 g/mol. The third-order valence-electron chi connectivity index (χ3n) is 6.18. The van der Waals surface area contributed by atoms with E-state index in [0.29, 0.717) is 22.7 Å². The van der Waals surface area contributed by atoms with Crippen LogP contribution in [0.5, 0.6) is 0 Å². The highest BCUT2D eigenvalue weighted by atomic mass is 32.1. The Morgan fingerprint density at radius 1 is 0.909 bits per heavy atom. The van der Waals surface area contributed by atoms with Crippen LogP contribution in [0.3, 0.4) is 0 Å². The number of anilines is 1. The highest BCUT2D eigenvalue weighted by molar-refractivity contribution is 7.17. The van der Waals surface area contributed by atoms with Crippen molar-refractivity contribution in [2.45, 2.75) is 58.3 Å². The molecular formula is C28H32N2O2S. The molecule has 0 atom stereocenters. The van der Waals surface area contributed by atoms with Gasteiger partial charge in [-0.15, -0.1) is 11.3 Å². The van der Waals surface area contributed by atoms with Crippen LogP contribution in [0.15, 0.2) is 54.6 Å². The lowest BCUT2D eigenvalue weighted by Gasteiger charge is -2.19. The molecule has 1 aliphatic carbocycles. The Balaban J connectivity index is 1.51. The summed E-state index contributed by atoms with van der Waals surface area (Å²) in [5.41, 5.74) is 4.78. The van der Waals surface area contributed by atoms with Gasteiger partial charge < -0.3 is 10.6 Å². The maximum absolute atomic E-state index is 13.2. The zero-order valence-electron chi connectivity index (χ0n) is 19.7. The van der Waals surface area contributed by atoms with E-state index in [-0.39, 0.29) is 17.2 Å². The van der Waals surface area contributed by atoms with Crippen molar-refractivity contribution in [1.82, 2.24) is 5.32 Å². The minimum Gasteiger partial charge on any atom is -0.352 e. The number of thiophene rings is 1. The fourth-order valence-electron chi connectivity index (χ4n) is 4.24. The van der Waals surface area contributed by atoms with Gasteiger partial charge in [0.15, 0.2) is 0 Å². The SMILES string of the molecule is CC(C)(C)c1ccc(C(=O)Nc2sc3c(c2C(=O)NCCc2ccccc2)CCCC3)cc1. The average Bonchev–Trinajstić information content (AvgIpc) is 3.17. The summed E-state index contributed by atoms with van der Waals surface area (Å²) >= 11 is 1.56. The van der Waals surface area contributed by atoms with E-state index in [1.807, 2.05) is 42.5 Å². The van der Waals surface area contributed by atoms with Crippen molar-refractivity contribution in [1.29, 1.82) is 0 Å². The first-order chi connectivity index (χ1) is 15.8.